The Balaban J connectivity index is 0.00000169. The van der Waals surface area contributed by atoms with E-state index in [9.17, 15) is 0 Å². The summed E-state index contributed by atoms with van der Waals surface area (Å²) in [4.78, 5) is 4.21. The summed E-state index contributed by atoms with van der Waals surface area (Å²) in [5, 5.41) is 0. The van der Waals surface area contributed by atoms with Crippen LogP contribution in [0.25, 0.3) is 0 Å². The Hall–Kier alpha value is -1.15. The monoisotopic (exact) mass is 193 g/mol. The van der Waals surface area contributed by atoms with Gasteiger partial charge < -0.3 is 5.48 Å². The zero-order valence-corrected chi connectivity index (χ0v) is 9.60. The summed E-state index contributed by atoms with van der Waals surface area (Å²) in [7, 11) is 1.84. The van der Waals surface area contributed by atoms with Crippen LogP contribution in [0.2, 0.25) is 0 Å². The van der Waals surface area contributed by atoms with Crippen molar-refractivity contribution in [3.8, 4) is 0 Å². The number of aryl methyl sites for hydroxylation is 3. The van der Waals surface area contributed by atoms with E-state index in [0.29, 0.717) is 0 Å². The molecular weight excluding hydrogens is 174 g/mol. The highest BCUT2D eigenvalue weighted by atomic mass is 16.0. The summed E-state index contributed by atoms with van der Waals surface area (Å²) in [6, 6.07) is 4.44. The highest BCUT2D eigenvalue weighted by Gasteiger charge is 2.03. The molecule has 0 spiro atoms. The fraction of sp³-hybridized carbons (Fsp3) is 0.417. The molecule has 78 valence electrons. The summed E-state index contributed by atoms with van der Waals surface area (Å²) >= 11 is 0. The van der Waals surface area contributed by atoms with Gasteiger partial charge in [-0.2, -0.15) is 0 Å². The van der Waals surface area contributed by atoms with Gasteiger partial charge in [0.1, 0.15) is 0 Å². The van der Waals surface area contributed by atoms with E-state index in [0.717, 1.165) is 5.71 Å². The molecule has 0 aliphatic rings. The van der Waals surface area contributed by atoms with Crippen LogP contribution < -0.4 is 0 Å². The van der Waals surface area contributed by atoms with E-state index < -0.39 is 0 Å². The predicted octanol–water partition coefficient (Wildman–Crippen LogP) is 2.23. The van der Waals surface area contributed by atoms with Gasteiger partial charge in [0.2, 0.25) is 0 Å². The fourth-order valence-corrected chi connectivity index (χ4v) is 1.47. The van der Waals surface area contributed by atoms with Gasteiger partial charge in [-0.3, -0.25) is 4.99 Å². The van der Waals surface area contributed by atoms with Gasteiger partial charge in [-0.15, -0.1) is 0 Å². The van der Waals surface area contributed by atoms with Gasteiger partial charge in [0.05, 0.1) is 0 Å². The Morgan fingerprint density at radius 1 is 1.00 bits per heavy atom. The zero-order valence-electron chi connectivity index (χ0n) is 9.60. The smallest absolute Gasteiger partial charge is 0.0388 e. The summed E-state index contributed by atoms with van der Waals surface area (Å²) in [5.74, 6) is 0. The van der Waals surface area contributed by atoms with Gasteiger partial charge in [0.15, 0.2) is 0 Å². The minimum absolute atomic E-state index is 0. The predicted molar refractivity (Wildman–Crippen MR) is 62.4 cm³/mol. The second kappa shape index (κ2) is 4.91. The lowest BCUT2D eigenvalue weighted by molar-refractivity contribution is 0.824. The average molecular weight is 193 g/mol. The lowest BCUT2D eigenvalue weighted by Gasteiger charge is -2.08. The summed E-state index contributed by atoms with van der Waals surface area (Å²) in [6.45, 7) is 8.47. The Morgan fingerprint density at radius 2 is 1.50 bits per heavy atom. The van der Waals surface area contributed by atoms with Gasteiger partial charge in [0, 0.05) is 12.8 Å². The Labute approximate surface area is 86.0 Å². The average Bonchev–Trinajstić information content (AvgIpc) is 2.10. The molecule has 2 heteroatoms. The minimum Gasteiger partial charge on any atom is -0.412 e. The Kier molecular flexibility index (Phi) is 4.51. The molecule has 0 bridgehead atoms. The van der Waals surface area contributed by atoms with Crippen LogP contribution in [-0.2, 0) is 0 Å². The maximum atomic E-state index is 4.21. The van der Waals surface area contributed by atoms with Crippen molar-refractivity contribution in [3.63, 3.8) is 0 Å². The van der Waals surface area contributed by atoms with Crippen molar-refractivity contribution in [2.75, 3.05) is 7.05 Å². The topological polar surface area (TPSA) is 43.9 Å². The van der Waals surface area contributed by atoms with Crippen molar-refractivity contribution in [1.82, 2.24) is 0 Å². The molecule has 1 aromatic carbocycles. The molecule has 0 atom stereocenters. The molecule has 1 aromatic rings. The van der Waals surface area contributed by atoms with Gasteiger partial charge in [-0.1, -0.05) is 6.07 Å². The second-order valence-corrected chi connectivity index (χ2v) is 3.56. The zero-order chi connectivity index (χ0) is 10.0. The van der Waals surface area contributed by atoms with E-state index in [1.807, 2.05) is 7.05 Å². The van der Waals surface area contributed by atoms with Crippen LogP contribution in [0.4, 0.5) is 0 Å². The third-order valence-corrected chi connectivity index (χ3v) is 2.57. The first-order valence-electron chi connectivity index (χ1n) is 4.58. The molecule has 0 aliphatic carbocycles. The molecule has 0 radical (unpaired) electrons. The van der Waals surface area contributed by atoms with Crippen molar-refractivity contribution in [3.05, 3.63) is 34.4 Å². The minimum atomic E-state index is 0. The first-order chi connectivity index (χ1) is 6.06. The summed E-state index contributed by atoms with van der Waals surface area (Å²) in [5.41, 5.74) is 6.38. The molecule has 0 amide bonds. The summed E-state index contributed by atoms with van der Waals surface area (Å²) < 4.78 is 0. The van der Waals surface area contributed by atoms with Gasteiger partial charge in [0.25, 0.3) is 0 Å². The van der Waals surface area contributed by atoms with Crippen molar-refractivity contribution >= 4 is 5.71 Å². The highest BCUT2D eigenvalue weighted by Crippen LogP contribution is 2.15. The van der Waals surface area contributed by atoms with Crippen molar-refractivity contribution < 1.29 is 5.48 Å². The quantitative estimate of drug-likeness (QED) is 0.614. The molecule has 14 heavy (non-hydrogen) atoms. The van der Waals surface area contributed by atoms with Crippen LogP contribution in [0.5, 0.6) is 0 Å². The largest absolute Gasteiger partial charge is 0.412 e. The van der Waals surface area contributed by atoms with E-state index in [1.165, 1.54) is 22.3 Å². The number of aliphatic imine (C=N–C) groups is 1. The maximum absolute atomic E-state index is 4.21. The molecular formula is C12H19NO. The molecule has 2 N–H and O–H groups in total. The van der Waals surface area contributed by atoms with Crippen LogP contribution >= 0.6 is 0 Å². The SMILES string of the molecule is CN=C(C)c1cc(C)c(C)cc1C.O. The molecule has 0 unspecified atom stereocenters. The maximum Gasteiger partial charge on any atom is 0.0388 e. The van der Waals surface area contributed by atoms with E-state index in [1.54, 1.807) is 0 Å². The van der Waals surface area contributed by atoms with Crippen molar-refractivity contribution in [1.29, 1.82) is 0 Å². The third kappa shape index (κ3) is 2.42. The van der Waals surface area contributed by atoms with E-state index in [2.05, 4.69) is 44.8 Å². The van der Waals surface area contributed by atoms with Crippen molar-refractivity contribution in [2.45, 2.75) is 27.7 Å². The molecule has 0 aliphatic heterocycles. The van der Waals surface area contributed by atoms with Crippen LogP contribution in [0.1, 0.15) is 29.2 Å². The highest BCUT2D eigenvalue weighted by molar-refractivity contribution is 6.00. The second-order valence-electron chi connectivity index (χ2n) is 3.56. The molecule has 0 heterocycles. The molecule has 0 aromatic heterocycles. The standard InChI is InChI=1S/C12H17N.H2O/c1-8-6-10(3)12(7-9(8)2)11(4)13-5;/h6-7H,1-5H3;1H2. The van der Waals surface area contributed by atoms with Gasteiger partial charge in [-0.25, -0.2) is 0 Å². The molecule has 0 saturated carbocycles. The lowest BCUT2D eigenvalue weighted by Crippen LogP contribution is -1.99. The fourth-order valence-electron chi connectivity index (χ4n) is 1.47. The Bertz CT molecular complexity index is 354. The van der Waals surface area contributed by atoms with E-state index in [-0.39, 0.29) is 5.48 Å². The third-order valence-electron chi connectivity index (χ3n) is 2.57. The normalized spacial score (nSPS) is 11.1. The Morgan fingerprint density at radius 3 is 2.00 bits per heavy atom. The molecule has 2 nitrogen and oxygen atoms in total. The van der Waals surface area contributed by atoms with Crippen LogP contribution in [0.15, 0.2) is 17.1 Å². The first-order valence-corrected chi connectivity index (χ1v) is 4.58. The van der Waals surface area contributed by atoms with Crippen LogP contribution in [0.3, 0.4) is 0 Å². The van der Waals surface area contributed by atoms with Gasteiger partial charge >= 0.3 is 0 Å². The number of rotatable bonds is 1. The van der Waals surface area contributed by atoms with Crippen LogP contribution in [-0.4, -0.2) is 18.2 Å². The lowest BCUT2D eigenvalue weighted by atomic mass is 9.98. The molecule has 0 saturated heterocycles. The summed E-state index contributed by atoms with van der Waals surface area (Å²) in [6.07, 6.45) is 0. The molecule has 0 fully saturated rings. The van der Waals surface area contributed by atoms with E-state index >= 15 is 0 Å². The van der Waals surface area contributed by atoms with Gasteiger partial charge in [-0.05, 0) is 56.0 Å². The number of benzene rings is 1. The first kappa shape index (κ1) is 12.8. The number of nitrogens with zero attached hydrogens (tertiary/aromatic N) is 1. The van der Waals surface area contributed by atoms with Crippen LogP contribution in [0, 0.1) is 20.8 Å². The van der Waals surface area contributed by atoms with E-state index in [4.69, 9.17) is 0 Å². The van der Waals surface area contributed by atoms with Crippen molar-refractivity contribution in [2.24, 2.45) is 4.99 Å². The number of hydrogen-bond acceptors (Lipinski definition) is 1. The number of hydrogen-bond donors (Lipinski definition) is 0. The molecule has 1 rings (SSSR count).